The van der Waals surface area contributed by atoms with Crippen molar-refractivity contribution in [1.29, 1.82) is 0 Å². The molecular weight excluding hydrogens is 936 g/mol. The summed E-state index contributed by atoms with van der Waals surface area (Å²) < 4.78 is 99.3. The van der Waals surface area contributed by atoms with Gasteiger partial charge in [-0.05, 0) is 90.4 Å². The highest BCUT2D eigenvalue weighted by atomic mass is 127. The minimum Gasteiger partial charge on any atom is -0.359 e. The Bertz CT molecular complexity index is 750. The van der Waals surface area contributed by atoms with Crippen molar-refractivity contribution in [3.05, 3.63) is 60.8 Å². The van der Waals surface area contributed by atoms with Crippen LogP contribution in [0.5, 0.6) is 0 Å². The molecule has 0 radical (unpaired) electrons. The van der Waals surface area contributed by atoms with E-state index in [9.17, 15) is 44.7 Å². The molecule has 2 N–H and O–H groups in total. The molecule has 0 heterocycles. The van der Waals surface area contributed by atoms with Gasteiger partial charge in [0.25, 0.3) is 0 Å². The fraction of sp³-hybridized carbons (Fsp3) is 0.222. The molecule has 0 bridgehead atoms. The number of benzene rings is 2. The Morgan fingerprint density at radius 1 is 0.471 bits per heavy atom. The van der Waals surface area contributed by atoms with Crippen molar-refractivity contribution in [1.82, 2.24) is 10.6 Å². The molecule has 0 unspecified atom stereocenters. The van der Waals surface area contributed by atoms with Crippen molar-refractivity contribution in [2.45, 2.75) is 13.8 Å². The Hall–Kier alpha value is -0.260. The number of halogens is 12. The molecule has 0 aromatic heterocycles. The van der Waals surface area contributed by atoms with Gasteiger partial charge in [-0.15, -0.1) is 0 Å². The third-order valence-corrected chi connectivity index (χ3v) is 9.13. The summed E-state index contributed by atoms with van der Waals surface area (Å²) in [4.78, 5) is 19.4. The summed E-state index contributed by atoms with van der Waals surface area (Å²) in [5, 5.41) is 4.78. The Labute approximate surface area is 243 Å². The van der Waals surface area contributed by atoms with Crippen LogP contribution in [0.15, 0.2) is 0 Å². The predicted octanol–water partition coefficient (Wildman–Crippen LogP) is 6.41. The van der Waals surface area contributed by atoms with E-state index >= 15 is 0 Å². The molecular formula is C18H14F8I4N2O2. The van der Waals surface area contributed by atoms with Gasteiger partial charge in [0.15, 0.2) is 46.5 Å². The second-order valence-electron chi connectivity index (χ2n) is 5.38. The lowest BCUT2D eigenvalue weighted by atomic mass is 10.3. The zero-order valence-corrected chi connectivity index (χ0v) is 26.0. The maximum Gasteiger partial charge on any atom is 0.216 e. The number of hydrogen-bond acceptors (Lipinski definition) is 2. The summed E-state index contributed by atoms with van der Waals surface area (Å²) in [6.45, 7) is 2.94. The van der Waals surface area contributed by atoms with E-state index in [4.69, 9.17) is 0 Å². The molecule has 0 saturated carbocycles. The van der Waals surface area contributed by atoms with Crippen LogP contribution in [0.2, 0.25) is 0 Å². The molecule has 0 saturated heterocycles. The summed E-state index contributed by atoms with van der Waals surface area (Å²) in [6.07, 6.45) is 0. The van der Waals surface area contributed by atoms with Crippen LogP contribution < -0.4 is 10.6 Å². The summed E-state index contributed by atoms with van der Waals surface area (Å²) >= 11 is 5.63. The van der Waals surface area contributed by atoms with Gasteiger partial charge in [0, 0.05) is 27.9 Å². The first-order valence-electron chi connectivity index (χ1n) is 8.18. The van der Waals surface area contributed by atoms with Crippen molar-refractivity contribution < 1.29 is 44.7 Å². The molecule has 34 heavy (non-hydrogen) atoms. The number of amides is 2. The van der Waals surface area contributed by atoms with Crippen LogP contribution in [-0.2, 0) is 9.59 Å². The Kier molecular flexibility index (Phi) is 18.2. The van der Waals surface area contributed by atoms with Gasteiger partial charge in [0.1, 0.15) is 0 Å². The van der Waals surface area contributed by atoms with Crippen molar-refractivity contribution in [2.24, 2.45) is 0 Å². The van der Waals surface area contributed by atoms with Crippen LogP contribution in [0.1, 0.15) is 13.8 Å². The topological polar surface area (TPSA) is 58.2 Å². The first-order chi connectivity index (χ1) is 15.5. The third kappa shape index (κ3) is 11.2. The fourth-order valence-electron chi connectivity index (χ4n) is 1.16. The first kappa shape index (κ1) is 35.9. The molecule has 0 spiro atoms. The lowest BCUT2D eigenvalue weighted by Gasteiger charge is -2.02. The number of nitrogens with one attached hydrogen (secondary N) is 2. The molecule has 2 aromatic rings. The largest absolute Gasteiger partial charge is 0.359 e. The number of carbonyl (C=O) groups is 2. The average Bonchev–Trinajstić information content (AvgIpc) is 2.82. The van der Waals surface area contributed by atoms with Gasteiger partial charge in [0.2, 0.25) is 11.8 Å². The van der Waals surface area contributed by atoms with Crippen molar-refractivity contribution >= 4 is 102 Å². The molecule has 2 amide bonds. The van der Waals surface area contributed by atoms with Gasteiger partial charge in [0.05, 0.1) is 14.3 Å². The normalized spacial score (nSPS) is 9.41. The first-order valence-corrected chi connectivity index (χ1v) is 12.5. The smallest absolute Gasteiger partial charge is 0.216 e. The minimum atomic E-state index is -1.77. The fourth-order valence-corrected chi connectivity index (χ4v) is 3.05. The van der Waals surface area contributed by atoms with E-state index in [1.165, 1.54) is 104 Å². The molecule has 0 fully saturated rings. The second kappa shape index (κ2) is 17.2. The molecule has 0 atom stereocenters. The molecule has 2 rings (SSSR count). The lowest BCUT2D eigenvalue weighted by Crippen LogP contribution is -2.11. The quantitative estimate of drug-likeness (QED) is 0.139. The van der Waals surface area contributed by atoms with Gasteiger partial charge in [-0.25, -0.2) is 35.1 Å². The SMILES string of the molecule is CNC(C)=O.CNC(C)=O.Fc1c(F)c(F)c(I)c(I)c1F.Fc1c(F)c(F)c(I)c(I)c1F. The van der Waals surface area contributed by atoms with Crippen LogP contribution in [0.4, 0.5) is 35.1 Å². The number of hydrogen-bond donors (Lipinski definition) is 2. The Morgan fingerprint density at radius 2 is 0.588 bits per heavy atom. The van der Waals surface area contributed by atoms with Crippen molar-refractivity contribution in [3.8, 4) is 0 Å². The minimum absolute atomic E-state index is 0.00463. The third-order valence-electron chi connectivity index (χ3n) is 3.02. The van der Waals surface area contributed by atoms with E-state index in [1.54, 1.807) is 14.1 Å². The van der Waals surface area contributed by atoms with E-state index in [0.29, 0.717) is 0 Å². The van der Waals surface area contributed by atoms with E-state index in [0.717, 1.165) is 0 Å². The zero-order valence-electron chi connectivity index (χ0n) is 17.4. The summed E-state index contributed by atoms with van der Waals surface area (Å²) in [6, 6.07) is 0. The van der Waals surface area contributed by atoms with Gasteiger partial charge in [-0.3, -0.25) is 9.59 Å². The zero-order chi connectivity index (χ0) is 27.5. The van der Waals surface area contributed by atoms with Crippen molar-refractivity contribution in [3.63, 3.8) is 0 Å². The summed E-state index contributed by atoms with van der Waals surface area (Å²) in [5.41, 5.74) is 0. The molecule has 16 heteroatoms. The van der Waals surface area contributed by atoms with Gasteiger partial charge < -0.3 is 10.6 Å². The van der Waals surface area contributed by atoms with Crippen LogP contribution in [0.25, 0.3) is 0 Å². The van der Waals surface area contributed by atoms with Gasteiger partial charge >= 0.3 is 0 Å². The predicted molar refractivity (Wildman–Crippen MR) is 143 cm³/mol. The highest BCUT2D eigenvalue weighted by Crippen LogP contribution is 2.27. The van der Waals surface area contributed by atoms with Crippen LogP contribution in [0, 0.1) is 60.8 Å². The Morgan fingerprint density at radius 3 is 0.676 bits per heavy atom. The van der Waals surface area contributed by atoms with Gasteiger partial charge in [-0.1, -0.05) is 0 Å². The molecule has 0 aliphatic carbocycles. The van der Waals surface area contributed by atoms with Crippen LogP contribution >= 0.6 is 90.4 Å². The Balaban J connectivity index is 0. The lowest BCUT2D eigenvalue weighted by molar-refractivity contribution is -0.119. The van der Waals surface area contributed by atoms with E-state index in [-0.39, 0.29) is 26.1 Å². The number of rotatable bonds is 0. The van der Waals surface area contributed by atoms with Crippen LogP contribution in [-0.4, -0.2) is 25.9 Å². The molecule has 2 aromatic carbocycles. The second-order valence-corrected chi connectivity index (χ2v) is 9.70. The average molecular weight is 950 g/mol. The summed E-state index contributed by atoms with van der Waals surface area (Å²) in [5.74, 6) is -12.4. The maximum atomic E-state index is 12.6. The standard InChI is InChI=1S/2C6F4I2.2C3H7NO/c2*7-1-2(8)4(10)6(12)5(11)3(1)9;2*1-3(5)4-2/h;;2*1-2H3,(H,4,5). The summed E-state index contributed by atoms with van der Waals surface area (Å²) in [7, 11) is 3.20. The number of carbonyl (C=O) groups excluding carboxylic acids is 2. The highest BCUT2D eigenvalue weighted by molar-refractivity contribution is 14.1. The van der Waals surface area contributed by atoms with Crippen molar-refractivity contribution in [2.75, 3.05) is 14.1 Å². The monoisotopic (exact) mass is 950 g/mol. The van der Waals surface area contributed by atoms with E-state index in [2.05, 4.69) is 10.6 Å². The van der Waals surface area contributed by atoms with Gasteiger partial charge in [-0.2, -0.15) is 0 Å². The molecule has 4 nitrogen and oxygen atoms in total. The highest BCUT2D eigenvalue weighted by Gasteiger charge is 2.23. The molecule has 0 aliphatic heterocycles. The molecule has 192 valence electrons. The molecule has 0 aliphatic rings. The van der Waals surface area contributed by atoms with Crippen LogP contribution in [0.3, 0.4) is 0 Å². The van der Waals surface area contributed by atoms with E-state index < -0.39 is 46.5 Å². The van der Waals surface area contributed by atoms with E-state index in [1.807, 2.05) is 0 Å². The maximum absolute atomic E-state index is 12.6.